The summed E-state index contributed by atoms with van der Waals surface area (Å²) in [5.41, 5.74) is 0. The van der Waals surface area contributed by atoms with E-state index < -0.39 is 10.0 Å². The zero-order chi connectivity index (χ0) is 14.8. The van der Waals surface area contributed by atoms with Gasteiger partial charge in [0.15, 0.2) is 11.5 Å². The molecule has 2 rings (SSSR count). The SMILES string of the molecule is CC(C)CN(CCO)S(=O)(=O)c1ccc2c(c1)OCO2. The van der Waals surface area contributed by atoms with E-state index in [9.17, 15) is 8.42 Å². The van der Waals surface area contributed by atoms with E-state index in [1.807, 2.05) is 13.8 Å². The van der Waals surface area contributed by atoms with Gasteiger partial charge in [-0.25, -0.2) is 8.42 Å². The highest BCUT2D eigenvalue weighted by Gasteiger charge is 2.27. The van der Waals surface area contributed by atoms with Crippen LogP contribution in [0.2, 0.25) is 0 Å². The summed E-state index contributed by atoms with van der Waals surface area (Å²) in [4.78, 5) is 0.149. The number of sulfonamides is 1. The number of aliphatic hydroxyl groups is 1. The summed E-state index contributed by atoms with van der Waals surface area (Å²) in [7, 11) is -3.64. The van der Waals surface area contributed by atoms with E-state index in [0.29, 0.717) is 18.0 Å². The highest BCUT2D eigenvalue weighted by atomic mass is 32.2. The van der Waals surface area contributed by atoms with Crippen LogP contribution < -0.4 is 9.47 Å². The molecule has 0 aromatic heterocycles. The zero-order valence-corrected chi connectivity index (χ0v) is 12.4. The van der Waals surface area contributed by atoms with Gasteiger partial charge in [0.2, 0.25) is 16.8 Å². The Hall–Kier alpha value is -1.31. The predicted molar refractivity (Wildman–Crippen MR) is 73.2 cm³/mol. The summed E-state index contributed by atoms with van der Waals surface area (Å²) < 4.78 is 36.8. The van der Waals surface area contributed by atoms with Crippen molar-refractivity contribution in [3.8, 4) is 11.5 Å². The summed E-state index contributed by atoms with van der Waals surface area (Å²) in [6, 6.07) is 4.54. The van der Waals surface area contributed by atoms with Gasteiger partial charge in [-0.2, -0.15) is 4.31 Å². The number of benzene rings is 1. The normalized spacial score (nSPS) is 14.2. The van der Waals surface area contributed by atoms with Gasteiger partial charge in [-0.1, -0.05) is 13.8 Å². The lowest BCUT2D eigenvalue weighted by Gasteiger charge is -2.23. The maximum atomic E-state index is 12.6. The van der Waals surface area contributed by atoms with Crippen LogP contribution in [0.4, 0.5) is 0 Å². The van der Waals surface area contributed by atoms with Gasteiger partial charge in [-0.15, -0.1) is 0 Å². The van der Waals surface area contributed by atoms with Gasteiger partial charge in [0, 0.05) is 19.2 Å². The Morgan fingerprint density at radius 3 is 2.65 bits per heavy atom. The minimum absolute atomic E-state index is 0.0783. The Labute approximate surface area is 119 Å². The lowest BCUT2D eigenvalue weighted by molar-refractivity contribution is 0.174. The van der Waals surface area contributed by atoms with Crippen molar-refractivity contribution in [3.63, 3.8) is 0 Å². The van der Waals surface area contributed by atoms with Crippen LogP contribution in [-0.4, -0.2) is 44.3 Å². The van der Waals surface area contributed by atoms with Crippen LogP contribution in [0, 0.1) is 5.92 Å². The summed E-state index contributed by atoms with van der Waals surface area (Å²) in [6.07, 6.45) is 0. The molecule has 0 atom stereocenters. The molecule has 112 valence electrons. The first-order valence-corrected chi connectivity index (χ1v) is 7.90. The molecule has 1 N–H and O–H groups in total. The number of hydrogen-bond acceptors (Lipinski definition) is 5. The van der Waals surface area contributed by atoms with Gasteiger partial charge >= 0.3 is 0 Å². The van der Waals surface area contributed by atoms with E-state index in [1.54, 1.807) is 6.07 Å². The molecule has 1 aliphatic heterocycles. The van der Waals surface area contributed by atoms with Gasteiger partial charge < -0.3 is 14.6 Å². The van der Waals surface area contributed by atoms with Gasteiger partial charge in [0.25, 0.3) is 0 Å². The van der Waals surface area contributed by atoms with Crippen molar-refractivity contribution in [1.82, 2.24) is 4.31 Å². The fourth-order valence-corrected chi connectivity index (χ4v) is 3.63. The van der Waals surface area contributed by atoms with Crippen molar-refractivity contribution in [2.45, 2.75) is 18.7 Å². The third kappa shape index (κ3) is 3.05. The van der Waals surface area contributed by atoms with Crippen LogP contribution in [0.15, 0.2) is 23.1 Å². The molecule has 6 nitrogen and oxygen atoms in total. The first kappa shape index (κ1) is 15.1. The Morgan fingerprint density at radius 2 is 2.00 bits per heavy atom. The average molecular weight is 301 g/mol. The van der Waals surface area contributed by atoms with Crippen molar-refractivity contribution in [2.24, 2.45) is 5.92 Å². The molecule has 0 fully saturated rings. The standard InChI is InChI=1S/C13H19NO5S/c1-10(2)8-14(5-6-15)20(16,17)11-3-4-12-13(7-11)19-9-18-12/h3-4,7,10,15H,5-6,8-9H2,1-2H3. The monoisotopic (exact) mass is 301 g/mol. The Balaban J connectivity index is 2.32. The smallest absolute Gasteiger partial charge is 0.243 e. The lowest BCUT2D eigenvalue weighted by atomic mass is 10.2. The summed E-state index contributed by atoms with van der Waals surface area (Å²) >= 11 is 0. The number of fused-ring (bicyclic) bond motifs is 1. The number of hydrogen-bond donors (Lipinski definition) is 1. The van der Waals surface area contributed by atoms with Crippen molar-refractivity contribution >= 4 is 10.0 Å². The molecule has 0 unspecified atom stereocenters. The fraction of sp³-hybridized carbons (Fsp3) is 0.538. The van der Waals surface area contributed by atoms with Crippen molar-refractivity contribution < 1.29 is 23.0 Å². The molecule has 7 heteroatoms. The van der Waals surface area contributed by atoms with E-state index in [4.69, 9.17) is 14.6 Å². The van der Waals surface area contributed by atoms with Crippen LogP contribution in [0.5, 0.6) is 11.5 Å². The molecular weight excluding hydrogens is 282 g/mol. The Bertz CT molecular complexity index is 570. The second-order valence-electron chi connectivity index (χ2n) is 5.00. The number of nitrogens with zero attached hydrogens (tertiary/aromatic N) is 1. The van der Waals surface area contributed by atoms with Crippen molar-refractivity contribution in [1.29, 1.82) is 0 Å². The van der Waals surface area contributed by atoms with Crippen molar-refractivity contribution in [3.05, 3.63) is 18.2 Å². The second kappa shape index (κ2) is 5.99. The molecule has 0 amide bonds. The van der Waals surface area contributed by atoms with Crippen LogP contribution in [0.1, 0.15) is 13.8 Å². The predicted octanol–water partition coefficient (Wildman–Crippen LogP) is 1.05. The molecule has 1 aromatic rings. The van der Waals surface area contributed by atoms with Crippen molar-refractivity contribution in [2.75, 3.05) is 26.5 Å². The molecule has 1 aromatic carbocycles. The zero-order valence-electron chi connectivity index (χ0n) is 11.6. The van der Waals surface area contributed by atoms with Crippen LogP contribution >= 0.6 is 0 Å². The van der Waals surface area contributed by atoms with E-state index >= 15 is 0 Å². The molecule has 0 saturated heterocycles. The van der Waals surface area contributed by atoms with Crippen LogP contribution in [-0.2, 0) is 10.0 Å². The van der Waals surface area contributed by atoms with Crippen LogP contribution in [0.3, 0.4) is 0 Å². The van der Waals surface area contributed by atoms with E-state index in [2.05, 4.69) is 0 Å². The van der Waals surface area contributed by atoms with Gasteiger partial charge in [0.05, 0.1) is 11.5 Å². The number of rotatable bonds is 6. The molecule has 0 spiro atoms. The first-order valence-electron chi connectivity index (χ1n) is 6.46. The average Bonchev–Trinajstić information content (AvgIpc) is 2.84. The molecular formula is C13H19NO5S. The van der Waals surface area contributed by atoms with Gasteiger partial charge in [0.1, 0.15) is 0 Å². The van der Waals surface area contributed by atoms with Gasteiger partial charge in [-0.05, 0) is 18.1 Å². The minimum atomic E-state index is -3.64. The molecule has 0 aliphatic carbocycles. The van der Waals surface area contributed by atoms with E-state index in [0.717, 1.165) is 0 Å². The highest BCUT2D eigenvalue weighted by Crippen LogP contribution is 2.34. The molecule has 0 bridgehead atoms. The van der Waals surface area contributed by atoms with Crippen LogP contribution in [0.25, 0.3) is 0 Å². The largest absolute Gasteiger partial charge is 0.454 e. The maximum absolute atomic E-state index is 12.6. The molecule has 1 aliphatic rings. The van der Waals surface area contributed by atoms with E-state index in [1.165, 1.54) is 16.4 Å². The lowest BCUT2D eigenvalue weighted by Crippen LogP contribution is -2.36. The molecule has 1 heterocycles. The first-order chi connectivity index (χ1) is 9.45. The summed E-state index contributed by atoms with van der Waals surface area (Å²) in [6.45, 7) is 4.19. The Morgan fingerprint density at radius 1 is 1.30 bits per heavy atom. The maximum Gasteiger partial charge on any atom is 0.243 e. The number of ether oxygens (including phenoxy) is 2. The Kier molecular flexibility index (Phi) is 4.52. The summed E-state index contributed by atoms with van der Waals surface area (Å²) in [5.74, 6) is 1.14. The highest BCUT2D eigenvalue weighted by molar-refractivity contribution is 7.89. The fourth-order valence-electron chi connectivity index (χ4n) is 2.01. The molecule has 0 saturated carbocycles. The topological polar surface area (TPSA) is 76.1 Å². The molecule has 0 radical (unpaired) electrons. The second-order valence-corrected chi connectivity index (χ2v) is 6.93. The minimum Gasteiger partial charge on any atom is -0.454 e. The number of aliphatic hydroxyl groups excluding tert-OH is 1. The van der Waals surface area contributed by atoms with Gasteiger partial charge in [-0.3, -0.25) is 0 Å². The molecule has 20 heavy (non-hydrogen) atoms. The van der Waals surface area contributed by atoms with E-state index in [-0.39, 0.29) is 30.8 Å². The summed E-state index contributed by atoms with van der Waals surface area (Å²) in [5, 5.41) is 9.06. The third-order valence-corrected chi connectivity index (χ3v) is 4.76. The quantitative estimate of drug-likeness (QED) is 0.850. The third-order valence-electron chi connectivity index (χ3n) is 2.90.